The highest BCUT2D eigenvalue weighted by atomic mass is 16.7. The number of carbonyl (C=O) groups excluding carboxylic acids is 1. The lowest BCUT2D eigenvalue weighted by molar-refractivity contribution is -0.891. The van der Waals surface area contributed by atoms with Crippen molar-refractivity contribution in [1.29, 1.82) is 0 Å². The first-order valence-corrected chi connectivity index (χ1v) is 10.8. The van der Waals surface area contributed by atoms with Crippen molar-refractivity contribution in [2.45, 2.75) is 83.5 Å². The van der Waals surface area contributed by atoms with Gasteiger partial charge in [-0.15, -0.1) is 0 Å². The van der Waals surface area contributed by atoms with E-state index < -0.39 is 5.97 Å². The first kappa shape index (κ1) is 23.9. The number of carbonyl (C=O) groups is 2. The molecule has 1 aromatic heterocycles. The lowest BCUT2D eigenvalue weighted by atomic mass is 10.1. The number of amides is 1. The van der Waals surface area contributed by atoms with Gasteiger partial charge in [-0.2, -0.15) is 0 Å². The molecule has 6 nitrogen and oxygen atoms in total. The summed E-state index contributed by atoms with van der Waals surface area (Å²) in [5, 5.41) is 11.6. The van der Waals surface area contributed by atoms with Crippen LogP contribution in [0.3, 0.4) is 0 Å². The summed E-state index contributed by atoms with van der Waals surface area (Å²) in [5.41, 5.74) is 0. The smallest absolute Gasteiger partial charge is 0.303 e. The molecular formula is C22H37N2O4+. The minimum atomic E-state index is -0.696. The van der Waals surface area contributed by atoms with Gasteiger partial charge in [-0.25, -0.2) is 0 Å². The van der Waals surface area contributed by atoms with Gasteiger partial charge in [0, 0.05) is 36.2 Å². The zero-order chi connectivity index (χ0) is 20.3. The number of unbranched alkanes of at least 4 members (excludes halogenated alkanes) is 9. The highest BCUT2D eigenvalue weighted by molar-refractivity contribution is 5.75. The van der Waals surface area contributed by atoms with Gasteiger partial charge in [-0.05, 0) is 32.1 Å². The number of aromatic nitrogens is 1. The largest absolute Gasteiger partial charge is 0.481 e. The van der Waals surface area contributed by atoms with E-state index in [9.17, 15) is 9.59 Å². The number of hydrogen-bond donors (Lipinski definition) is 2. The third kappa shape index (κ3) is 15.0. The van der Waals surface area contributed by atoms with E-state index in [1.165, 1.54) is 19.3 Å². The molecule has 6 heteroatoms. The van der Waals surface area contributed by atoms with Crippen LogP contribution in [0.25, 0.3) is 0 Å². The van der Waals surface area contributed by atoms with Crippen LogP contribution in [-0.4, -0.2) is 30.1 Å². The molecule has 0 aliphatic heterocycles. The molecule has 0 unspecified atom stereocenters. The van der Waals surface area contributed by atoms with E-state index in [0.717, 1.165) is 57.9 Å². The van der Waals surface area contributed by atoms with E-state index in [2.05, 4.69) is 5.32 Å². The predicted molar refractivity (Wildman–Crippen MR) is 109 cm³/mol. The van der Waals surface area contributed by atoms with Gasteiger partial charge >= 0.3 is 5.97 Å². The fraction of sp³-hybridized carbons (Fsp3) is 0.682. The van der Waals surface area contributed by atoms with Gasteiger partial charge in [-0.3, -0.25) is 14.4 Å². The fourth-order valence-corrected chi connectivity index (χ4v) is 2.98. The molecule has 0 fully saturated rings. The van der Waals surface area contributed by atoms with Crippen molar-refractivity contribution in [3.05, 3.63) is 30.6 Å². The Hall–Kier alpha value is -2.11. The molecular weight excluding hydrogens is 356 g/mol. The lowest BCUT2D eigenvalue weighted by Crippen LogP contribution is -2.42. The molecule has 0 spiro atoms. The maximum Gasteiger partial charge on any atom is 0.303 e. The van der Waals surface area contributed by atoms with Gasteiger partial charge in [0.25, 0.3) is 0 Å². The van der Waals surface area contributed by atoms with Crippen molar-refractivity contribution in [2.75, 3.05) is 13.2 Å². The Balaban J connectivity index is 1.79. The Morgan fingerprint density at radius 1 is 0.750 bits per heavy atom. The molecule has 0 saturated heterocycles. The van der Waals surface area contributed by atoms with Crippen LogP contribution in [0.5, 0.6) is 0 Å². The van der Waals surface area contributed by atoms with Crippen molar-refractivity contribution in [3.8, 4) is 0 Å². The normalized spacial score (nSPS) is 10.6. The SMILES string of the molecule is O=C(O)CCCCCCCCCCNC(=O)CCCCCO[n+]1ccccc1. The van der Waals surface area contributed by atoms with E-state index in [4.69, 9.17) is 9.94 Å². The summed E-state index contributed by atoms with van der Waals surface area (Å²) in [7, 11) is 0. The number of carboxylic acids is 1. The zero-order valence-electron chi connectivity index (χ0n) is 17.1. The second-order valence-corrected chi connectivity index (χ2v) is 7.20. The van der Waals surface area contributed by atoms with Crippen LogP contribution in [0.15, 0.2) is 30.6 Å². The third-order valence-corrected chi connectivity index (χ3v) is 4.62. The molecule has 0 aliphatic rings. The summed E-state index contributed by atoms with van der Waals surface area (Å²) >= 11 is 0. The minimum absolute atomic E-state index is 0.150. The van der Waals surface area contributed by atoms with E-state index in [-0.39, 0.29) is 5.91 Å². The first-order chi connectivity index (χ1) is 13.7. The zero-order valence-corrected chi connectivity index (χ0v) is 17.1. The average Bonchev–Trinajstić information content (AvgIpc) is 2.69. The summed E-state index contributed by atoms with van der Waals surface area (Å²) in [6.07, 6.45) is 16.1. The third-order valence-electron chi connectivity index (χ3n) is 4.62. The molecule has 2 N–H and O–H groups in total. The van der Waals surface area contributed by atoms with Crippen LogP contribution in [0, 0.1) is 0 Å². The van der Waals surface area contributed by atoms with Crippen LogP contribution in [-0.2, 0) is 9.59 Å². The average molecular weight is 394 g/mol. The van der Waals surface area contributed by atoms with Gasteiger partial charge in [-0.1, -0.05) is 44.6 Å². The molecule has 1 heterocycles. The summed E-state index contributed by atoms with van der Waals surface area (Å²) in [4.78, 5) is 27.7. The molecule has 1 amide bonds. The summed E-state index contributed by atoms with van der Waals surface area (Å²) in [5.74, 6) is -0.546. The van der Waals surface area contributed by atoms with Crippen LogP contribution >= 0.6 is 0 Å². The number of aliphatic carboxylic acids is 1. The van der Waals surface area contributed by atoms with E-state index in [1.54, 1.807) is 4.73 Å². The van der Waals surface area contributed by atoms with Gasteiger partial charge < -0.3 is 10.4 Å². The number of nitrogens with one attached hydrogen (secondary N) is 1. The van der Waals surface area contributed by atoms with E-state index >= 15 is 0 Å². The number of hydrogen-bond acceptors (Lipinski definition) is 3. The molecule has 0 aliphatic carbocycles. The van der Waals surface area contributed by atoms with Gasteiger partial charge in [0.05, 0.1) is 0 Å². The number of rotatable bonds is 18. The molecule has 1 aromatic rings. The Kier molecular flexibility index (Phi) is 14.5. The minimum Gasteiger partial charge on any atom is -0.481 e. The number of nitrogens with zero attached hydrogens (tertiary/aromatic N) is 1. The molecule has 158 valence electrons. The Morgan fingerprint density at radius 2 is 1.32 bits per heavy atom. The van der Waals surface area contributed by atoms with Gasteiger partial charge in [0.1, 0.15) is 0 Å². The molecule has 0 atom stereocenters. The Labute approximate surface area is 169 Å². The van der Waals surface area contributed by atoms with Crippen molar-refractivity contribution < 1.29 is 24.3 Å². The first-order valence-electron chi connectivity index (χ1n) is 10.8. The molecule has 0 radical (unpaired) electrons. The topological polar surface area (TPSA) is 79.5 Å². The van der Waals surface area contributed by atoms with Crippen molar-refractivity contribution >= 4 is 11.9 Å². The van der Waals surface area contributed by atoms with Crippen LogP contribution in [0.4, 0.5) is 0 Å². The van der Waals surface area contributed by atoms with E-state index in [0.29, 0.717) is 19.4 Å². The number of carboxylic acid groups (broad SMARTS) is 1. The van der Waals surface area contributed by atoms with Gasteiger partial charge in [0.2, 0.25) is 18.3 Å². The molecule has 0 aromatic carbocycles. The molecule has 28 heavy (non-hydrogen) atoms. The predicted octanol–water partition coefficient (Wildman–Crippen LogP) is 3.67. The lowest BCUT2D eigenvalue weighted by Gasteiger charge is -2.05. The van der Waals surface area contributed by atoms with Crippen LogP contribution in [0.1, 0.15) is 83.5 Å². The Morgan fingerprint density at radius 3 is 2.00 bits per heavy atom. The molecule has 1 rings (SSSR count). The monoisotopic (exact) mass is 393 g/mol. The Bertz CT molecular complexity index is 523. The molecule has 0 bridgehead atoms. The molecule has 0 saturated carbocycles. The second kappa shape index (κ2) is 17.0. The summed E-state index contributed by atoms with van der Waals surface area (Å²) in [6.45, 7) is 1.43. The van der Waals surface area contributed by atoms with Crippen molar-refractivity contribution in [2.24, 2.45) is 0 Å². The van der Waals surface area contributed by atoms with Crippen LogP contribution in [0.2, 0.25) is 0 Å². The summed E-state index contributed by atoms with van der Waals surface area (Å²) < 4.78 is 1.70. The quantitative estimate of drug-likeness (QED) is 0.295. The van der Waals surface area contributed by atoms with E-state index in [1.807, 2.05) is 30.6 Å². The standard InChI is InChI=1S/C22H36N2O4/c25-21(15-9-7-14-20-28-24-18-12-8-13-19-24)23-17-11-6-4-2-1-3-5-10-16-22(26)27/h8,12-13,18-19H,1-7,9-11,14-17,20H2,(H-,23,25,26,27)/p+1. The second-order valence-electron chi connectivity index (χ2n) is 7.20. The fourth-order valence-electron chi connectivity index (χ4n) is 2.98. The van der Waals surface area contributed by atoms with Crippen molar-refractivity contribution in [3.63, 3.8) is 0 Å². The number of pyridine rings is 1. The summed E-state index contributed by atoms with van der Waals surface area (Å²) in [6, 6.07) is 5.80. The highest BCUT2D eigenvalue weighted by Crippen LogP contribution is 2.09. The van der Waals surface area contributed by atoms with Crippen LogP contribution < -0.4 is 14.9 Å². The maximum absolute atomic E-state index is 11.8. The van der Waals surface area contributed by atoms with Crippen molar-refractivity contribution in [1.82, 2.24) is 5.32 Å². The maximum atomic E-state index is 11.8. The highest BCUT2D eigenvalue weighted by Gasteiger charge is 2.02. The van der Waals surface area contributed by atoms with Gasteiger partial charge in [0.15, 0.2) is 6.61 Å².